The average molecular weight is 306 g/mol. The maximum absolute atomic E-state index is 12.2. The molecule has 0 heterocycles. The van der Waals surface area contributed by atoms with Crippen LogP contribution >= 0.6 is 0 Å². The lowest BCUT2D eigenvalue weighted by Gasteiger charge is -2.17. The first-order valence-corrected chi connectivity index (χ1v) is 6.70. The normalized spacial score (nSPS) is 10.4. The van der Waals surface area contributed by atoms with Crippen LogP contribution in [0.25, 0.3) is 10.8 Å². The second-order valence-corrected chi connectivity index (χ2v) is 4.42. The van der Waals surface area contributed by atoms with Gasteiger partial charge in [-0.1, -0.05) is 0 Å². The quantitative estimate of drug-likeness (QED) is 0.856. The molecule has 0 fully saturated rings. The van der Waals surface area contributed by atoms with E-state index in [0.29, 0.717) is 28.0 Å². The summed E-state index contributed by atoms with van der Waals surface area (Å²) in [6.07, 6.45) is 0. The fourth-order valence-electron chi connectivity index (χ4n) is 2.34. The van der Waals surface area contributed by atoms with E-state index in [2.05, 4.69) is 0 Å². The van der Waals surface area contributed by atoms with Crippen LogP contribution in [0.2, 0.25) is 0 Å². The fourth-order valence-corrected chi connectivity index (χ4v) is 2.34. The van der Waals surface area contributed by atoms with Gasteiger partial charge in [0.2, 0.25) is 5.75 Å². The highest BCUT2D eigenvalue weighted by molar-refractivity contribution is 6.10. The number of phenolic OH excluding ortho intramolecular Hbond substituents is 1. The third-order valence-electron chi connectivity index (χ3n) is 3.28. The Labute approximate surface area is 128 Å². The number of fused-ring (bicyclic) bond motifs is 1. The van der Waals surface area contributed by atoms with Crippen LogP contribution in [0, 0.1) is 0 Å². The Hall–Kier alpha value is -2.63. The van der Waals surface area contributed by atoms with Gasteiger partial charge in [0, 0.05) is 10.8 Å². The molecular formula is C16H18O6. The zero-order valence-corrected chi connectivity index (χ0v) is 12.9. The summed E-state index contributed by atoms with van der Waals surface area (Å²) in [5.74, 6) is 0.535. The molecular weight excluding hydrogens is 288 g/mol. The van der Waals surface area contributed by atoms with Crippen molar-refractivity contribution in [1.29, 1.82) is 0 Å². The van der Waals surface area contributed by atoms with Crippen LogP contribution in [0.3, 0.4) is 0 Å². The first kappa shape index (κ1) is 15.8. The standard InChI is InChI=1S/C16H18O6/c1-5-22-16(18)9-6-7-11(17)10-8-12(19-2)14(20-3)15(21-4)13(9)10/h6-8,17H,5H2,1-4H3. The van der Waals surface area contributed by atoms with Gasteiger partial charge in [-0.05, 0) is 25.1 Å². The van der Waals surface area contributed by atoms with Crippen LogP contribution in [0.15, 0.2) is 18.2 Å². The molecule has 0 saturated heterocycles. The number of methoxy groups -OCH3 is 3. The number of carbonyl (C=O) groups excluding carboxylic acids is 1. The number of ether oxygens (including phenoxy) is 4. The van der Waals surface area contributed by atoms with Gasteiger partial charge in [-0.2, -0.15) is 0 Å². The molecule has 0 aliphatic rings. The van der Waals surface area contributed by atoms with E-state index in [1.165, 1.54) is 33.5 Å². The third kappa shape index (κ3) is 2.47. The van der Waals surface area contributed by atoms with E-state index < -0.39 is 5.97 Å². The van der Waals surface area contributed by atoms with Crippen LogP contribution < -0.4 is 14.2 Å². The molecule has 0 atom stereocenters. The van der Waals surface area contributed by atoms with Crippen LogP contribution in [0.4, 0.5) is 0 Å². The number of rotatable bonds is 5. The van der Waals surface area contributed by atoms with Gasteiger partial charge in [0.1, 0.15) is 5.75 Å². The van der Waals surface area contributed by atoms with E-state index >= 15 is 0 Å². The zero-order valence-electron chi connectivity index (χ0n) is 12.9. The van der Waals surface area contributed by atoms with Gasteiger partial charge in [0.05, 0.1) is 33.5 Å². The molecule has 6 heteroatoms. The summed E-state index contributed by atoms with van der Waals surface area (Å²) in [7, 11) is 4.41. The van der Waals surface area contributed by atoms with Crippen LogP contribution in [0.5, 0.6) is 23.0 Å². The van der Waals surface area contributed by atoms with E-state index in [-0.39, 0.29) is 17.9 Å². The van der Waals surface area contributed by atoms with E-state index in [1.54, 1.807) is 13.0 Å². The lowest BCUT2D eigenvalue weighted by atomic mass is 10.0. The Morgan fingerprint density at radius 1 is 1.09 bits per heavy atom. The van der Waals surface area contributed by atoms with Gasteiger partial charge in [-0.15, -0.1) is 0 Å². The van der Waals surface area contributed by atoms with Crippen LogP contribution in [-0.2, 0) is 4.74 Å². The molecule has 6 nitrogen and oxygen atoms in total. The maximum Gasteiger partial charge on any atom is 0.338 e. The molecule has 0 spiro atoms. The monoisotopic (exact) mass is 306 g/mol. The summed E-state index contributed by atoms with van der Waals surface area (Å²) in [5, 5.41) is 10.9. The molecule has 0 bridgehead atoms. The Bertz CT molecular complexity index is 708. The second kappa shape index (κ2) is 6.43. The lowest BCUT2D eigenvalue weighted by Crippen LogP contribution is -2.07. The van der Waals surface area contributed by atoms with Crippen molar-refractivity contribution in [2.24, 2.45) is 0 Å². The molecule has 0 aliphatic heterocycles. The van der Waals surface area contributed by atoms with Gasteiger partial charge in [0.15, 0.2) is 11.5 Å². The molecule has 1 N–H and O–H groups in total. The largest absolute Gasteiger partial charge is 0.507 e. The summed E-state index contributed by atoms with van der Waals surface area (Å²) in [5.41, 5.74) is 0.285. The number of hydrogen-bond donors (Lipinski definition) is 1. The first-order chi connectivity index (χ1) is 10.6. The average Bonchev–Trinajstić information content (AvgIpc) is 2.53. The van der Waals surface area contributed by atoms with Crippen molar-refractivity contribution >= 4 is 16.7 Å². The smallest absolute Gasteiger partial charge is 0.338 e. The number of carbonyl (C=O) groups is 1. The molecule has 22 heavy (non-hydrogen) atoms. The van der Waals surface area contributed by atoms with Crippen LogP contribution in [0.1, 0.15) is 17.3 Å². The van der Waals surface area contributed by atoms with Crippen molar-refractivity contribution in [1.82, 2.24) is 0 Å². The van der Waals surface area contributed by atoms with E-state index in [0.717, 1.165) is 0 Å². The van der Waals surface area contributed by atoms with Crippen molar-refractivity contribution in [3.8, 4) is 23.0 Å². The molecule has 2 aromatic rings. The molecule has 0 aliphatic carbocycles. The van der Waals surface area contributed by atoms with Gasteiger partial charge < -0.3 is 24.1 Å². The van der Waals surface area contributed by atoms with Gasteiger partial charge in [-0.25, -0.2) is 4.79 Å². The highest BCUT2D eigenvalue weighted by atomic mass is 16.5. The maximum atomic E-state index is 12.2. The summed E-state index contributed by atoms with van der Waals surface area (Å²) < 4.78 is 21.0. The molecule has 0 unspecified atom stereocenters. The summed E-state index contributed by atoms with van der Waals surface area (Å²) in [6.45, 7) is 1.97. The molecule has 2 aromatic carbocycles. The minimum atomic E-state index is -0.502. The Morgan fingerprint density at radius 2 is 1.77 bits per heavy atom. The highest BCUT2D eigenvalue weighted by Gasteiger charge is 2.23. The number of phenols is 1. The van der Waals surface area contributed by atoms with Crippen molar-refractivity contribution in [3.63, 3.8) is 0 Å². The van der Waals surface area contributed by atoms with Crippen molar-refractivity contribution in [2.45, 2.75) is 6.92 Å². The number of hydrogen-bond acceptors (Lipinski definition) is 6. The van der Waals surface area contributed by atoms with Gasteiger partial charge >= 0.3 is 5.97 Å². The van der Waals surface area contributed by atoms with Crippen molar-refractivity contribution in [3.05, 3.63) is 23.8 Å². The van der Waals surface area contributed by atoms with E-state index in [4.69, 9.17) is 18.9 Å². The molecule has 0 saturated carbocycles. The SMILES string of the molecule is CCOC(=O)c1ccc(O)c2cc(OC)c(OC)c(OC)c12. The minimum Gasteiger partial charge on any atom is -0.507 e. The van der Waals surface area contributed by atoms with Crippen LogP contribution in [-0.4, -0.2) is 39.0 Å². The lowest BCUT2D eigenvalue weighted by molar-refractivity contribution is 0.0528. The molecule has 2 rings (SSSR count). The number of benzene rings is 2. The highest BCUT2D eigenvalue weighted by Crippen LogP contribution is 2.46. The number of aromatic hydroxyl groups is 1. The molecule has 0 aromatic heterocycles. The summed E-state index contributed by atoms with van der Waals surface area (Å²) >= 11 is 0. The topological polar surface area (TPSA) is 74.2 Å². The minimum absolute atomic E-state index is 0.00213. The second-order valence-electron chi connectivity index (χ2n) is 4.42. The van der Waals surface area contributed by atoms with Crippen molar-refractivity contribution < 1.29 is 28.8 Å². The predicted molar refractivity (Wildman–Crippen MR) is 81.2 cm³/mol. The third-order valence-corrected chi connectivity index (χ3v) is 3.28. The van der Waals surface area contributed by atoms with Gasteiger partial charge in [0.25, 0.3) is 0 Å². The fraction of sp³-hybridized carbons (Fsp3) is 0.312. The Balaban J connectivity index is 2.90. The predicted octanol–water partition coefficient (Wildman–Crippen LogP) is 2.75. The Morgan fingerprint density at radius 3 is 2.32 bits per heavy atom. The number of esters is 1. The Kier molecular flexibility index (Phi) is 4.60. The summed E-state index contributed by atoms with van der Waals surface area (Å²) in [6, 6.07) is 4.51. The van der Waals surface area contributed by atoms with Crippen molar-refractivity contribution in [2.75, 3.05) is 27.9 Å². The molecule has 0 amide bonds. The van der Waals surface area contributed by atoms with E-state index in [9.17, 15) is 9.90 Å². The zero-order chi connectivity index (χ0) is 16.3. The molecule has 118 valence electrons. The first-order valence-electron chi connectivity index (χ1n) is 6.70. The molecule has 0 radical (unpaired) electrons. The summed E-state index contributed by atoms with van der Waals surface area (Å²) in [4.78, 5) is 12.2. The van der Waals surface area contributed by atoms with E-state index in [1.807, 2.05) is 0 Å². The van der Waals surface area contributed by atoms with Gasteiger partial charge in [-0.3, -0.25) is 0 Å².